The molecule has 0 fully saturated rings. The van der Waals surface area contributed by atoms with Crippen molar-refractivity contribution in [3.63, 3.8) is 0 Å². The summed E-state index contributed by atoms with van der Waals surface area (Å²) < 4.78 is 0. The van der Waals surface area contributed by atoms with E-state index in [1.165, 1.54) is 5.56 Å². The van der Waals surface area contributed by atoms with Gasteiger partial charge in [0, 0.05) is 22.7 Å². The summed E-state index contributed by atoms with van der Waals surface area (Å²) in [5.74, 6) is -0.941. The second kappa shape index (κ2) is 6.00. The molecule has 1 heterocycles. The monoisotopic (exact) mass is 319 g/mol. The van der Waals surface area contributed by atoms with E-state index in [1.54, 1.807) is 6.08 Å². The first-order valence-electron chi connectivity index (χ1n) is 7.98. The Morgan fingerprint density at radius 3 is 2.58 bits per heavy atom. The first-order valence-corrected chi connectivity index (χ1v) is 7.98. The number of aromatic amines is 1. The molecule has 24 heavy (non-hydrogen) atoms. The maximum Gasteiger partial charge on any atom is 0.328 e. The molecule has 0 aliphatic carbocycles. The number of benzene rings is 2. The van der Waals surface area contributed by atoms with E-state index >= 15 is 0 Å². The van der Waals surface area contributed by atoms with E-state index in [9.17, 15) is 4.79 Å². The highest BCUT2D eigenvalue weighted by Gasteiger charge is 2.14. The van der Waals surface area contributed by atoms with E-state index in [4.69, 9.17) is 5.11 Å². The Hall–Kier alpha value is -2.81. The largest absolute Gasteiger partial charge is 0.478 e. The normalized spacial score (nSPS) is 12.1. The van der Waals surface area contributed by atoms with Gasteiger partial charge in [0.25, 0.3) is 0 Å². The van der Waals surface area contributed by atoms with Crippen molar-refractivity contribution in [2.75, 3.05) is 0 Å². The Bertz CT molecular complexity index is 926. The van der Waals surface area contributed by atoms with Gasteiger partial charge in [0.1, 0.15) is 0 Å². The number of fused-ring (bicyclic) bond motifs is 1. The first-order chi connectivity index (χ1) is 11.3. The van der Waals surface area contributed by atoms with Crippen LogP contribution in [0.2, 0.25) is 0 Å². The van der Waals surface area contributed by atoms with Crippen molar-refractivity contribution < 1.29 is 9.90 Å². The van der Waals surface area contributed by atoms with Gasteiger partial charge in [0.05, 0.1) is 0 Å². The molecule has 0 saturated carbocycles. The fraction of sp³-hybridized carbons (Fsp3) is 0.190. The molecule has 1 aromatic heterocycles. The molecule has 0 amide bonds. The second-order valence-corrected chi connectivity index (χ2v) is 7.03. The van der Waals surface area contributed by atoms with Gasteiger partial charge in [-0.25, -0.2) is 4.79 Å². The number of nitrogens with one attached hydrogen (secondary N) is 1. The molecule has 122 valence electrons. The Morgan fingerprint density at radius 1 is 1.08 bits per heavy atom. The molecule has 3 aromatic rings. The van der Waals surface area contributed by atoms with Gasteiger partial charge in [0.2, 0.25) is 0 Å². The molecular formula is C21H21NO2. The summed E-state index contributed by atoms with van der Waals surface area (Å²) in [4.78, 5) is 14.1. The topological polar surface area (TPSA) is 53.1 Å². The molecule has 0 atom stereocenters. The van der Waals surface area contributed by atoms with Crippen LogP contribution in [-0.4, -0.2) is 16.1 Å². The maximum atomic E-state index is 10.6. The lowest BCUT2D eigenvalue weighted by Crippen LogP contribution is -2.10. The van der Waals surface area contributed by atoms with Crippen LogP contribution in [0.3, 0.4) is 0 Å². The molecule has 0 saturated heterocycles. The third kappa shape index (κ3) is 3.40. The highest BCUT2D eigenvalue weighted by atomic mass is 16.4. The van der Waals surface area contributed by atoms with E-state index in [1.807, 2.05) is 18.2 Å². The summed E-state index contributed by atoms with van der Waals surface area (Å²) >= 11 is 0. The second-order valence-electron chi connectivity index (χ2n) is 7.03. The number of H-pyrrole nitrogens is 1. The van der Waals surface area contributed by atoms with Crippen LogP contribution in [0.25, 0.3) is 28.2 Å². The summed E-state index contributed by atoms with van der Waals surface area (Å²) in [6.07, 6.45) is 2.76. The molecule has 0 spiro atoms. The van der Waals surface area contributed by atoms with Crippen molar-refractivity contribution >= 4 is 22.9 Å². The van der Waals surface area contributed by atoms with Crippen molar-refractivity contribution in [3.05, 3.63) is 65.7 Å². The molecule has 2 N–H and O–H groups in total. The minimum atomic E-state index is -0.941. The third-order valence-electron chi connectivity index (χ3n) is 4.10. The summed E-state index contributed by atoms with van der Waals surface area (Å²) in [7, 11) is 0. The minimum absolute atomic E-state index is 0.108. The van der Waals surface area contributed by atoms with Crippen LogP contribution in [0.4, 0.5) is 0 Å². The van der Waals surface area contributed by atoms with Crippen molar-refractivity contribution in [2.45, 2.75) is 26.2 Å². The van der Waals surface area contributed by atoms with Gasteiger partial charge in [-0.1, -0.05) is 45.0 Å². The zero-order valence-electron chi connectivity index (χ0n) is 14.1. The third-order valence-corrected chi connectivity index (χ3v) is 4.10. The Balaban J connectivity index is 2.01. The SMILES string of the molecule is CC(C)(C)c1cccc(-c2cc3cc(/C=C/C(=O)O)ccc3[nH]2)c1. The fourth-order valence-corrected chi connectivity index (χ4v) is 2.73. The molecule has 3 nitrogen and oxygen atoms in total. The van der Waals surface area contributed by atoms with Gasteiger partial charge in [0.15, 0.2) is 0 Å². The molecule has 3 rings (SSSR count). The summed E-state index contributed by atoms with van der Waals surface area (Å²) in [5.41, 5.74) is 5.54. The van der Waals surface area contributed by atoms with Crippen LogP contribution >= 0.6 is 0 Å². The molecule has 0 aliphatic heterocycles. The van der Waals surface area contributed by atoms with E-state index in [0.29, 0.717) is 0 Å². The van der Waals surface area contributed by atoms with Crippen LogP contribution in [-0.2, 0) is 10.2 Å². The van der Waals surface area contributed by atoms with Crippen LogP contribution in [0, 0.1) is 0 Å². The number of carboxylic acids is 1. The van der Waals surface area contributed by atoms with E-state index in [-0.39, 0.29) is 5.41 Å². The molecule has 3 heteroatoms. The maximum absolute atomic E-state index is 10.6. The molecule has 0 bridgehead atoms. The Morgan fingerprint density at radius 2 is 1.88 bits per heavy atom. The van der Waals surface area contributed by atoms with Gasteiger partial charge < -0.3 is 10.1 Å². The van der Waals surface area contributed by atoms with Crippen molar-refractivity contribution in [2.24, 2.45) is 0 Å². The summed E-state index contributed by atoms with van der Waals surface area (Å²) in [6, 6.07) is 16.5. The Labute approximate surface area is 141 Å². The number of aromatic nitrogens is 1. The van der Waals surface area contributed by atoms with Crippen LogP contribution in [0.5, 0.6) is 0 Å². The average Bonchev–Trinajstić information content (AvgIpc) is 2.95. The minimum Gasteiger partial charge on any atom is -0.478 e. The molecule has 0 aliphatic rings. The van der Waals surface area contributed by atoms with Crippen molar-refractivity contribution in [3.8, 4) is 11.3 Å². The van der Waals surface area contributed by atoms with Gasteiger partial charge in [-0.2, -0.15) is 0 Å². The summed E-state index contributed by atoms with van der Waals surface area (Å²) in [6.45, 7) is 6.62. The quantitative estimate of drug-likeness (QED) is 0.649. The zero-order valence-corrected chi connectivity index (χ0v) is 14.1. The number of rotatable bonds is 3. The molecule has 0 radical (unpaired) electrons. The van der Waals surface area contributed by atoms with E-state index in [0.717, 1.165) is 33.8 Å². The fourth-order valence-electron chi connectivity index (χ4n) is 2.73. The number of carboxylic acid groups (broad SMARTS) is 1. The lowest BCUT2D eigenvalue weighted by molar-refractivity contribution is -0.131. The van der Waals surface area contributed by atoms with Crippen molar-refractivity contribution in [1.29, 1.82) is 0 Å². The predicted molar refractivity (Wildman–Crippen MR) is 99.1 cm³/mol. The molecule has 0 unspecified atom stereocenters. The lowest BCUT2D eigenvalue weighted by atomic mass is 9.86. The number of hydrogen-bond acceptors (Lipinski definition) is 1. The zero-order chi connectivity index (χ0) is 17.3. The standard InChI is InChI=1S/C21H21NO2/c1-21(2,3)17-6-4-5-15(12-17)19-13-16-11-14(8-10-20(23)24)7-9-18(16)22-19/h4-13,22H,1-3H3,(H,23,24)/b10-8+. The smallest absolute Gasteiger partial charge is 0.328 e. The number of hydrogen-bond donors (Lipinski definition) is 2. The van der Waals surface area contributed by atoms with Gasteiger partial charge in [-0.15, -0.1) is 0 Å². The van der Waals surface area contributed by atoms with Gasteiger partial charge in [-0.05, 0) is 52.4 Å². The molecular weight excluding hydrogens is 298 g/mol. The number of carbonyl (C=O) groups is 1. The predicted octanol–water partition coefficient (Wildman–Crippen LogP) is 5.23. The van der Waals surface area contributed by atoms with E-state index < -0.39 is 5.97 Å². The van der Waals surface area contributed by atoms with Gasteiger partial charge >= 0.3 is 5.97 Å². The van der Waals surface area contributed by atoms with E-state index in [2.05, 4.69) is 56.1 Å². The Kier molecular flexibility index (Phi) is 4.02. The molecule has 2 aromatic carbocycles. The lowest BCUT2D eigenvalue weighted by Gasteiger charge is -2.19. The van der Waals surface area contributed by atoms with Gasteiger partial charge in [-0.3, -0.25) is 0 Å². The van der Waals surface area contributed by atoms with Crippen molar-refractivity contribution in [1.82, 2.24) is 4.98 Å². The average molecular weight is 319 g/mol. The van der Waals surface area contributed by atoms with Crippen LogP contribution in [0.1, 0.15) is 31.9 Å². The highest BCUT2D eigenvalue weighted by Crippen LogP contribution is 2.29. The highest BCUT2D eigenvalue weighted by molar-refractivity contribution is 5.90. The number of aliphatic carboxylic acids is 1. The first kappa shape index (κ1) is 16.1. The van der Waals surface area contributed by atoms with Crippen LogP contribution < -0.4 is 0 Å². The summed E-state index contributed by atoms with van der Waals surface area (Å²) in [5, 5.41) is 9.81. The van der Waals surface area contributed by atoms with Crippen LogP contribution in [0.15, 0.2) is 54.6 Å².